The summed E-state index contributed by atoms with van der Waals surface area (Å²) in [6, 6.07) is -0.854. The van der Waals surface area contributed by atoms with Crippen LogP contribution in [0.2, 0.25) is 0 Å². The Bertz CT molecular complexity index is 237. The van der Waals surface area contributed by atoms with Crippen LogP contribution in [0, 0.1) is 0 Å². The first kappa shape index (κ1) is 15.2. The monoisotopic (exact) mass is 243 g/mol. The normalized spacial score (nSPS) is 18.9. The van der Waals surface area contributed by atoms with Crippen molar-refractivity contribution in [1.82, 2.24) is 4.90 Å². The average Bonchev–Trinajstić information content (AvgIpc) is 2.15. The summed E-state index contributed by atoms with van der Waals surface area (Å²) in [6.45, 7) is 1.40. The molecule has 0 bridgehead atoms. The van der Waals surface area contributed by atoms with E-state index in [2.05, 4.69) is 0 Å². The fraction of sp³-hybridized carbons (Fsp3) is 0.778. The minimum atomic E-state index is -1.05. The van der Waals surface area contributed by atoms with Crippen molar-refractivity contribution in [1.29, 1.82) is 0 Å². The van der Waals surface area contributed by atoms with Crippen molar-refractivity contribution in [3.63, 3.8) is 0 Å². The Hall–Kier alpha value is 0.160. The SMILES string of the molecule is O=C(O)C[C@@H](C(=O)O)N1CCCCC1.[Ca+2].[H-].[H-]. The minimum Gasteiger partial charge on any atom is -1.00 e. The maximum absolute atomic E-state index is 10.8. The van der Waals surface area contributed by atoms with Gasteiger partial charge in [0.25, 0.3) is 0 Å². The molecule has 1 heterocycles. The van der Waals surface area contributed by atoms with E-state index in [9.17, 15) is 9.59 Å². The topological polar surface area (TPSA) is 77.8 Å². The van der Waals surface area contributed by atoms with Crippen LogP contribution in [0.15, 0.2) is 0 Å². The van der Waals surface area contributed by atoms with Gasteiger partial charge < -0.3 is 13.1 Å². The van der Waals surface area contributed by atoms with Crippen LogP contribution in [0.25, 0.3) is 0 Å². The molecular weight excluding hydrogens is 226 g/mol. The van der Waals surface area contributed by atoms with Gasteiger partial charge in [-0.25, -0.2) is 0 Å². The molecule has 0 spiro atoms. The van der Waals surface area contributed by atoms with Gasteiger partial charge in [0, 0.05) is 0 Å². The van der Waals surface area contributed by atoms with Crippen molar-refractivity contribution in [2.24, 2.45) is 0 Å². The summed E-state index contributed by atoms with van der Waals surface area (Å²) in [5, 5.41) is 17.4. The number of aliphatic carboxylic acids is 2. The molecule has 1 rings (SSSR count). The van der Waals surface area contributed by atoms with E-state index in [0.29, 0.717) is 13.1 Å². The molecule has 0 aromatic rings. The van der Waals surface area contributed by atoms with E-state index >= 15 is 0 Å². The third kappa shape index (κ3) is 5.15. The van der Waals surface area contributed by atoms with E-state index in [4.69, 9.17) is 10.2 Å². The largest absolute Gasteiger partial charge is 2.00 e. The van der Waals surface area contributed by atoms with Crippen LogP contribution < -0.4 is 0 Å². The zero-order chi connectivity index (χ0) is 10.6. The molecule has 1 saturated heterocycles. The molecule has 2 N–H and O–H groups in total. The Morgan fingerprint density at radius 3 is 2.13 bits per heavy atom. The zero-order valence-electron chi connectivity index (χ0n) is 10.7. The van der Waals surface area contributed by atoms with Crippen molar-refractivity contribution in [2.45, 2.75) is 31.7 Å². The average molecular weight is 243 g/mol. The Morgan fingerprint density at radius 2 is 1.73 bits per heavy atom. The number of hydrogen-bond acceptors (Lipinski definition) is 3. The van der Waals surface area contributed by atoms with Crippen molar-refractivity contribution < 1.29 is 22.7 Å². The summed E-state index contributed by atoms with van der Waals surface area (Å²) in [4.78, 5) is 23.0. The number of carboxylic acid groups (broad SMARTS) is 2. The van der Waals surface area contributed by atoms with Crippen LogP contribution in [0.3, 0.4) is 0 Å². The summed E-state index contributed by atoms with van der Waals surface area (Å²) in [5.41, 5.74) is 0. The van der Waals surface area contributed by atoms with Gasteiger partial charge in [-0.2, -0.15) is 0 Å². The maximum Gasteiger partial charge on any atom is 2.00 e. The summed E-state index contributed by atoms with van der Waals surface area (Å²) in [5.74, 6) is -2.09. The summed E-state index contributed by atoms with van der Waals surface area (Å²) < 4.78 is 0. The van der Waals surface area contributed by atoms with Gasteiger partial charge in [0.15, 0.2) is 0 Å². The van der Waals surface area contributed by atoms with Gasteiger partial charge in [-0.15, -0.1) is 0 Å². The molecule has 0 aromatic carbocycles. The van der Waals surface area contributed by atoms with Gasteiger partial charge in [0.05, 0.1) is 6.42 Å². The fourth-order valence-corrected chi connectivity index (χ4v) is 1.77. The second-order valence-electron chi connectivity index (χ2n) is 3.55. The van der Waals surface area contributed by atoms with Crippen molar-refractivity contribution in [3.05, 3.63) is 0 Å². The van der Waals surface area contributed by atoms with E-state index in [1.165, 1.54) is 0 Å². The molecule has 15 heavy (non-hydrogen) atoms. The van der Waals surface area contributed by atoms with Crippen LogP contribution in [0.1, 0.15) is 28.5 Å². The van der Waals surface area contributed by atoms with Crippen molar-refractivity contribution >= 4 is 49.7 Å². The maximum atomic E-state index is 10.8. The van der Waals surface area contributed by atoms with Crippen LogP contribution in [-0.4, -0.2) is 83.9 Å². The Kier molecular flexibility index (Phi) is 7.52. The molecule has 0 saturated carbocycles. The van der Waals surface area contributed by atoms with Crippen LogP contribution in [0.4, 0.5) is 0 Å². The Balaban J connectivity index is -0.000000653. The van der Waals surface area contributed by atoms with Crippen LogP contribution in [-0.2, 0) is 9.59 Å². The predicted molar refractivity (Wildman–Crippen MR) is 57.1 cm³/mol. The molecule has 1 atom stereocenters. The van der Waals surface area contributed by atoms with E-state index in [1.807, 2.05) is 0 Å². The number of hydrogen-bond donors (Lipinski definition) is 2. The van der Waals surface area contributed by atoms with E-state index in [0.717, 1.165) is 19.3 Å². The van der Waals surface area contributed by atoms with Crippen molar-refractivity contribution in [3.8, 4) is 0 Å². The number of carbonyl (C=O) groups is 2. The second kappa shape index (κ2) is 7.44. The Morgan fingerprint density at radius 1 is 1.20 bits per heavy atom. The number of nitrogens with zero attached hydrogens (tertiary/aromatic N) is 1. The van der Waals surface area contributed by atoms with Gasteiger partial charge in [0.1, 0.15) is 6.04 Å². The smallest absolute Gasteiger partial charge is 1.00 e. The number of likely N-dealkylation sites (tertiary alicyclic amines) is 1. The van der Waals surface area contributed by atoms with Gasteiger partial charge in [-0.1, -0.05) is 6.42 Å². The quantitative estimate of drug-likeness (QED) is 0.692. The predicted octanol–water partition coefficient (Wildman–Crippen LogP) is 0.244. The number of rotatable bonds is 4. The number of carboxylic acids is 2. The molecular formula is C9H17CaNO4. The molecule has 0 aliphatic carbocycles. The molecule has 1 aliphatic rings. The molecule has 1 aliphatic heterocycles. The summed E-state index contributed by atoms with van der Waals surface area (Å²) in [7, 11) is 0. The fourth-order valence-electron chi connectivity index (χ4n) is 1.77. The summed E-state index contributed by atoms with van der Waals surface area (Å²) in [6.07, 6.45) is 2.72. The molecule has 5 nitrogen and oxygen atoms in total. The van der Waals surface area contributed by atoms with E-state index in [1.54, 1.807) is 4.90 Å². The van der Waals surface area contributed by atoms with Gasteiger partial charge in [0.2, 0.25) is 0 Å². The molecule has 0 unspecified atom stereocenters. The third-order valence-corrected chi connectivity index (χ3v) is 2.48. The molecule has 84 valence electrons. The van der Waals surface area contributed by atoms with Gasteiger partial charge in [-0.3, -0.25) is 14.5 Å². The minimum absolute atomic E-state index is 0. The summed E-state index contributed by atoms with van der Waals surface area (Å²) >= 11 is 0. The Labute approximate surface area is 121 Å². The van der Waals surface area contributed by atoms with E-state index in [-0.39, 0.29) is 47.0 Å². The molecule has 0 amide bonds. The molecule has 6 heteroatoms. The molecule has 0 radical (unpaired) electrons. The number of piperidine rings is 1. The first-order chi connectivity index (χ1) is 6.61. The van der Waals surface area contributed by atoms with Gasteiger partial charge >= 0.3 is 49.7 Å². The third-order valence-electron chi connectivity index (χ3n) is 2.48. The van der Waals surface area contributed by atoms with Crippen LogP contribution in [0.5, 0.6) is 0 Å². The zero-order valence-corrected chi connectivity index (χ0v) is 10.9. The first-order valence-corrected chi connectivity index (χ1v) is 4.80. The van der Waals surface area contributed by atoms with Crippen molar-refractivity contribution in [2.75, 3.05) is 13.1 Å². The molecule has 1 fully saturated rings. The molecule has 0 aromatic heterocycles. The van der Waals surface area contributed by atoms with Gasteiger partial charge in [-0.05, 0) is 25.9 Å². The van der Waals surface area contributed by atoms with Crippen LogP contribution >= 0.6 is 0 Å². The first-order valence-electron chi connectivity index (χ1n) is 4.80. The van der Waals surface area contributed by atoms with E-state index < -0.39 is 18.0 Å². The second-order valence-corrected chi connectivity index (χ2v) is 3.55. The standard InChI is InChI=1S/C9H15NO4.Ca.2H/c11-8(12)6-7(9(13)14)10-4-2-1-3-5-10;;;/h7H,1-6H2,(H,11,12)(H,13,14);;;/q;+2;2*-1/t7-;;;/m0.../s1.